The molecule has 1 radical (unpaired) electrons. The van der Waals surface area contributed by atoms with Crippen LogP contribution in [0.15, 0.2) is 30.3 Å². The molecule has 1 aromatic carbocycles. The fourth-order valence-electron chi connectivity index (χ4n) is 1.19. The van der Waals surface area contributed by atoms with Crippen LogP contribution in [0.25, 0.3) is 0 Å². The summed E-state index contributed by atoms with van der Waals surface area (Å²) in [5.41, 5.74) is -0.0289. The van der Waals surface area contributed by atoms with Gasteiger partial charge in [-0.15, -0.1) is 0 Å². The van der Waals surface area contributed by atoms with Crippen molar-refractivity contribution in [3.63, 3.8) is 0 Å². The Bertz CT molecular complexity index is 251. The first-order valence-electron chi connectivity index (χ1n) is 4.57. The van der Waals surface area contributed by atoms with Crippen LogP contribution in [-0.2, 0) is 4.43 Å². The summed E-state index contributed by atoms with van der Waals surface area (Å²) in [5, 5.41) is 1.34. The molecule has 0 aliphatic rings. The van der Waals surface area contributed by atoms with Crippen molar-refractivity contribution in [3.05, 3.63) is 30.3 Å². The highest BCUT2D eigenvalue weighted by atomic mass is 28.3. The highest BCUT2D eigenvalue weighted by Crippen LogP contribution is 2.08. The van der Waals surface area contributed by atoms with Crippen molar-refractivity contribution in [1.29, 1.82) is 0 Å². The van der Waals surface area contributed by atoms with E-state index in [2.05, 4.69) is 51.6 Å². The molecule has 0 aromatic heterocycles. The van der Waals surface area contributed by atoms with E-state index in [9.17, 15) is 0 Å². The molecule has 0 fully saturated rings. The van der Waals surface area contributed by atoms with E-state index in [1.54, 1.807) is 0 Å². The van der Waals surface area contributed by atoms with Crippen LogP contribution in [0.4, 0.5) is 0 Å². The standard InChI is InChI=1S/C11H17OSi/c1-11(2,3)12-13(4)10-8-6-5-7-9-10/h5-9H,1-4H3. The monoisotopic (exact) mass is 193 g/mol. The third-order valence-corrected chi connectivity index (χ3v) is 3.70. The number of hydrogen-bond acceptors (Lipinski definition) is 1. The van der Waals surface area contributed by atoms with Gasteiger partial charge in [-0.1, -0.05) is 30.3 Å². The van der Waals surface area contributed by atoms with Gasteiger partial charge in [-0.2, -0.15) is 0 Å². The Labute approximate surface area is 82.5 Å². The van der Waals surface area contributed by atoms with Gasteiger partial charge in [0.25, 0.3) is 0 Å². The first-order chi connectivity index (χ1) is 5.99. The third kappa shape index (κ3) is 3.74. The summed E-state index contributed by atoms with van der Waals surface area (Å²) in [7, 11) is -0.825. The Kier molecular flexibility index (Phi) is 3.28. The summed E-state index contributed by atoms with van der Waals surface area (Å²) in [4.78, 5) is 0. The van der Waals surface area contributed by atoms with Crippen molar-refractivity contribution in [2.45, 2.75) is 32.9 Å². The maximum atomic E-state index is 5.93. The lowest BCUT2D eigenvalue weighted by Crippen LogP contribution is -2.37. The molecule has 0 atom stereocenters. The molecule has 2 heteroatoms. The highest BCUT2D eigenvalue weighted by molar-refractivity contribution is 6.66. The molecule has 0 aliphatic heterocycles. The van der Waals surface area contributed by atoms with E-state index < -0.39 is 9.04 Å². The maximum Gasteiger partial charge on any atom is 0.244 e. The van der Waals surface area contributed by atoms with Crippen LogP contribution in [-0.4, -0.2) is 14.6 Å². The van der Waals surface area contributed by atoms with Gasteiger partial charge in [0.05, 0.1) is 0 Å². The molecule has 0 aliphatic carbocycles. The number of benzene rings is 1. The Morgan fingerprint density at radius 1 is 1.08 bits per heavy atom. The van der Waals surface area contributed by atoms with Gasteiger partial charge in [-0.25, -0.2) is 0 Å². The van der Waals surface area contributed by atoms with E-state index in [0.717, 1.165) is 0 Å². The molecule has 0 saturated carbocycles. The molecular weight excluding hydrogens is 176 g/mol. The van der Waals surface area contributed by atoms with Crippen LogP contribution in [0.3, 0.4) is 0 Å². The number of hydrogen-bond donors (Lipinski definition) is 0. The molecule has 0 amide bonds. The summed E-state index contributed by atoms with van der Waals surface area (Å²) >= 11 is 0. The largest absolute Gasteiger partial charge is 0.407 e. The normalized spacial score (nSPS) is 12.1. The van der Waals surface area contributed by atoms with Gasteiger partial charge in [-0.05, 0) is 32.5 Å². The van der Waals surface area contributed by atoms with Gasteiger partial charge < -0.3 is 4.43 Å². The lowest BCUT2D eigenvalue weighted by atomic mass is 10.2. The van der Waals surface area contributed by atoms with E-state index in [0.29, 0.717) is 0 Å². The van der Waals surface area contributed by atoms with Gasteiger partial charge in [0.2, 0.25) is 9.04 Å². The van der Waals surface area contributed by atoms with Gasteiger partial charge in [-0.3, -0.25) is 0 Å². The smallest absolute Gasteiger partial charge is 0.244 e. The molecule has 1 nitrogen and oxygen atoms in total. The second-order valence-electron chi connectivity index (χ2n) is 4.14. The second kappa shape index (κ2) is 4.07. The minimum absolute atomic E-state index is 0.0289. The summed E-state index contributed by atoms with van der Waals surface area (Å²) in [6.07, 6.45) is 0. The van der Waals surface area contributed by atoms with E-state index in [-0.39, 0.29) is 5.60 Å². The molecule has 71 valence electrons. The Balaban J connectivity index is 2.64. The van der Waals surface area contributed by atoms with Crippen molar-refractivity contribution in [3.8, 4) is 0 Å². The molecule has 1 aromatic rings. The Morgan fingerprint density at radius 2 is 1.62 bits per heavy atom. The first-order valence-corrected chi connectivity index (χ1v) is 6.48. The second-order valence-corrected chi connectivity index (χ2v) is 6.03. The molecular formula is C11H17OSi. The fraction of sp³-hybridized carbons (Fsp3) is 0.455. The topological polar surface area (TPSA) is 9.23 Å². The molecule has 0 bridgehead atoms. The minimum Gasteiger partial charge on any atom is -0.407 e. The zero-order valence-corrected chi connectivity index (χ0v) is 9.79. The summed E-state index contributed by atoms with van der Waals surface area (Å²) in [5.74, 6) is 0. The molecule has 0 saturated heterocycles. The minimum atomic E-state index is -0.825. The molecule has 1 rings (SSSR count). The van der Waals surface area contributed by atoms with Crippen LogP contribution in [0.5, 0.6) is 0 Å². The SMILES string of the molecule is C[Si](OC(C)(C)C)c1ccccc1. The molecule has 0 unspecified atom stereocenters. The maximum absolute atomic E-state index is 5.93. The predicted octanol–water partition coefficient (Wildman–Crippen LogP) is 2.33. The molecule has 0 N–H and O–H groups in total. The van der Waals surface area contributed by atoms with Crippen molar-refractivity contribution in [2.75, 3.05) is 0 Å². The molecule has 0 heterocycles. The average molecular weight is 193 g/mol. The van der Waals surface area contributed by atoms with Crippen LogP contribution in [0, 0.1) is 0 Å². The van der Waals surface area contributed by atoms with E-state index in [1.165, 1.54) is 5.19 Å². The quantitative estimate of drug-likeness (QED) is 0.655. The first kappa shape index (κ1) is 10.5. The van der Waals surface area contributed by atoms with Crippen LogP contribution in [0.1, 0.15) is 20.8 Å². The zero-order valence-electron chi connectivity index (χ0n) is 8.79. The third-order valence-electron chi connectivity index (χ3n) is 1.64. The van der Waals surface area contributed by atoms with Gasteiger partial charge in [0, 0.05) is 5.60 Å². The average Bonchev–Trinajstić information content (AvgIpc) is 2.03. The van der Waals surface area contributed by atoms with Crippen LogP contribution < -0.4 is 5.19 Å². The Hall–Kier alpha value is -0.603. The van der Waals surface area contributed by atoms with E-state index in [4.69, 9.17) is 4.43 Å². The summed E-state index contributed by atoms with van der Waals surface area (Å²) < 4.78 is 5.93. The van der Waals surface area contributed by atoms with Crippen LogP contribution >= 0.6 is 0 Å². The predicted molar refractivity (Wildman–Crippen MR) is 58.5 cm³/mol. The lowest BCUT2D eigenvalue weighted by Gasteiger charge is -2.24. The van der Waals surface area contributed by atoms with Crippen molar-refractivity contribution >= 4 is 14.2 Å². The van der Waals surface area contributed by atoms with Gasteiger partial charge in [0.1, 0.15) is 0 Å². The van der Waals surface area contributed by atoms with Crippen molar-refractivity contribution < 1.29 is 4.43 Å². The fourth-order valence-corrected chi connectivity index (χ4v) is 2.89. The molecule has 13 heavy (non-hydrogen) atoms. The number of rotatable bonds is 2. The van der Waals surface area contributed by atoms with Crippen molar-refractivity contribution in [1.82, 2.24) is 0 Å². The summed E-state index contributed by atoms with van der Waals surface area (Å²) in [6.45, 7) is 8.49. The van der Waals surface area contributed by atoms with Gasteiger partial charge >= 0.3 is 0 Å². The van der Waals surface area contributed by atoms with E-state index in [1.807, 2.05) is 6.07 Å². The molecule has 0 spiro atoms. The zero-order chi connectivity index (χ0) is 9.90. The summed E-state index contributed by atoms with van der Waals surface area (Å²) in [6, 6.07) is 10.4. The highest BCUT2D eigenvalue weighted by Gasteiger charge is 2.18. The van der Waals surface area contributed by atoms with E-state index >= 15 is 0 Å². The van der Waals surface area contributed by atoms with Crippen LogP contribution in [0.2, 0.25) is 6.55 Å². The van der Waals surface area contributed by atoms with Crippen molar-refractivity contribution in [2.24, 2.45) is 0 Å². The Morgan fingerprint density at radius 3 is 2.08 bits per heavy atom. The lowest BCUT2D eigenvalue weighted by molar-refractivity contribution is 0.134. The van der Waals surface area contributed by atoms with Gasteiger partial charge in [0.15, 0.2) is 0 Å².